The van der Waals surface area contributed by atoms with Crippen LogP contribution in [0.2, 0.25) is 0 Å². The number of anilines is 1. The first kappa shape index (κ1) is 14.4. The molecule has 0 aromatic heterocycles. The summed E-state index contributed by atoms with van der Waals surface area (Å²) in [5.41, 5.74) is 1.20. The lowest BCUT2D eigenvalue weighted by Gasteiger charge is -2.33. The van der Waals surface area contributed by atoms with Crippen LogP contribution >= 0.6 is 0 Å². The molecule has 1 heterocycles. The average molecular weight is 276 g/mol. The first-order valence-corrected chi connectivity index (χ1v) is 6.95. The Bertz CT molecular complexity index is 502. The first-order chi connectivity index (χ1) is 9.58. The van der Waals surface area contributed by atoms with Gasteiger partial charge < -0.3 is 15.3 Å². The third kappa shape index (κ3) is 3.50. The Morgan fingerprint density at radius 3 is 2.80 bits per heavy atom. The van der Waals surface area contributed by atoms with E-state index in [-0.39, 0.29) is 18.5 Å². The number of hydrogen-bond donors (Lipinski definition) is 2. The Hall–Kier alpha value is -2.04. The Balaban J connectivity index is 2.09. The van der Waals surface area contributed by atoms with Gasteiger partial charge in [0.1, 0.15) is 0 Å². The van der Waals surface area contributed by atoms with Crippen LogP contribution in [0.3, 0.4) is 0 Å². The molecule has 1 aliphatic rings. The maximum atomic E-state index is 12.3. The molecule has 0 bridgehead atoms. The molecule has 1 fully saturated rings. The minimum absolute atomic E-state index is 0.0913. The van der Waals surface area contributed by atoms with Crippen LogP contribution in [-0.4, -0.2) is 34.6 Å². The summed E-state index contributed by atoms with van der Waals surface area (Å²) in [5, 5.41) is 11.7. The topological polar surface area (TPSA) is 69.6 Å². The predicted octanol–water partition coefficient (Wildman–Crippen LogP) is 2.72. The van der Waals surface area contributed by atoms with E-state index in [1.54, 1.807) is 24.3 Å². The van der Waals surface area contributed by atoms with Gasteiger partial charge in [-0.25, -0.2) is 4.79 Å². The van der Waals surface area contributed by atoms with E-state index in [1.165, 1.54) is 0 Å². The number of carboxylic acid groups (broad SMARTS) is 1. The molecule has 0 aliphatic carbocycles. The second-order valence-corrected chi connectivity index (χ2v) is 5.20. The van der Waals surface area contributed by atoms with E-state index in [9.17, 15) is 9.59 Å². The highest BCUT2D eigenvalue weighted by atomic mass is 16.4. The first-order valence-electron chi connectivity index (χ1n) is 6.95. The Morgan fingerprint density at radius 1 is 1.35 bits per heavy atom. The van der Waals surface area contributed by atoms with Crippen LogP contribution in [-0.2, 0) is 11.2 Å². The molecule has 2 N–H and O–H groups in total. The molecule has 1 aromatic rings. The van der Waals surface area contributed by atoms with Gasteiger partial charge in [-0.05, 0) is 37.8 Å². The second-order valence-electron chi connectivity index (χ2n) is 5.20. The quantitative estimate of drug-likeness (QED) is 0.891. The van der Waals surface area contributed by atoms with E-state index >= 15 is 0 Å². The summed E-state index contributed by atoms with van der Waals surface area (Å²) in [6.45, 7) is 2.80. The molecule has 0 spiro atoms. The highest BCUT2D eigenvalue weighted by Gasteiger charge is 2.23. The van der Waals surface area contributed by atoms with Gasteiger partial charge >= 0.3 is 12.0 Å². The van der Waals surface area contributed by atoms with E-state index in [1.807, 2.05) is 11.8 Å². The summed E-state index contributed by atoms with van der Waals surface area (Å²) >= 11 is 0. The van der Waals surface area contributed by atoms with E-state index in [2.05, 4.69) is 5.32 Å². The van der Waals surface area contributed by atoms with Gasteiger partial charge in [-0.1, -0.05) is 18.2 Å². The highest BCUT2D eigenvalue weighted by molar-refractivity contribution is 5.91. The van der Waals surface area contributed by atoms with Crippen molar-refractivity contribution in [3.63, 3.8) is 0 Å². The molecule has 0 radical (unpaired) electrons. The summed E-state index contributed by atoms with van der Waals surface area (Å²) in [5.74, 6) is -0.905. The fourth-order valence-corrected chi connectivity index (χ4v) is 2.55. The van der Waals surface area contributed by atoms with E-state index in [4.69, 9.17) is 5.11 Å². The molecule has 1 unspecified atom stereocenters. The molecule has 20 heavy (non-hydrogen) atoms. The number of rotatable bonds is 3. The van der Waals surface area contributed by atoms with Gasteiger partial charge in [-0.2, -0.15) is 0 Å². The largest absolute Gasteiger partial charge is 0.481 e. The lowest BCUT2D eigenvalue weighted by Crippen LogP contribution is -2.44. The lowest BCUT2D eigenvalue weighted by molar-refractivity contribution is -0.136. The number of carbonyl (C=O) groups excluding carboxylic acids is 1. The molecule has 1 atom stereocenters. The molecule has 1 aliphatic heterocycles. The van der Waals surface area contributed by atoms with Crippen molar-refractivity contribution < 1.29 is 14.7 Å². The van der Waals surface area contributed by atoms with Gasteiger partial charge in [0.2, 0.25) is 0 Å². The fraction of sp³-hybridized carbons (Fsp3) is 0.467. The van der Waals surface area contributed by atoms with Crippen molar-refractivity contribution >= 4 is 17.7 Å². The van der Waals surface area contributed by atoms with Crippen molar-refractivity contribution in [3.8, 4) is 0 Å². The number of nitrogens with one attached hydrogen (secondary N) is 1. The number of para-hydroxylation sites is 1. The van der Waals surface area contributed by atoms with Gasteiger partial charge in [0.15, 0.2) is 0 Å². The molecule has 5 nitrogen and oxygen atoms in total. The van der Waals surface area contributed by atoms with Gasteiger partial charge in [0.05, 0.1) is 6.42 Å². The van der Waals surface area contributed by atoms with Crippen LogP contribution in [0.15, 0.2) is 24.3 Å². The highest BCUT2D eigenvalue weighted by Crippen LogP contribution is 2.20. The number of amides is 2. The van der Waals surface area contributed by atoms with E-state index in [0.717, 1.165) is 25.8 Å². The SMILES string of the molecule is CC1CCCCN1C(=O)Nc1ccccc1CC(=O)O. The summed E-state index contributed by atoms with van der Waals surface area (Å²) in [7, 11) is 0. The minimum Gasteiger partial charge on any atom is -0.481 e. The summed E-state index contributed by atoms with van der Waals surface area (Å²) in [6.07, 6.45) is 3.10. The maximum absolute atomic E-state index is 12.3. The zero-order chi connectivity index (χ0) is 14.5. The standard InChI is InChI=1S/C15H20N2O3/c1-11-6-4-5-9-17(11)15(20)16-13-8-3-2-7-12(13)10-14(18)19/h2-3,7-8,11H,4-6,9-10H2,1H3,(H,16,20)(H,18,19). The average Bonchev–Trinajstić information content (AvgIpc) is 2.41. The summed E-state index contributed by atoms with van der Waals surface area (Å²) in [6, 6.07) is 7.12. The fourth-order valence-electron chi connectivity index (χ4n) is 2.55. The number of aliphatic carboxylic acids is 1. The molecular weight excluding hydrogens is 256 g/mol. The molecule has 1 aromatic carbocycles. The number of benzene rings is 1. The van der Waals surface area contributed by atoms with Gasteiger partial charge in [-0.15, -0.1) is 0 Å². The van der Waals surface area contributed by atoms with Crippen LogP contribution < -0.4 is 5.32 Å². The number of likely N-dealkylation sites (tertiary alicyclic amines) is 1. The van der Waals surface area contributed by atoms with Crippen molar-refractivity contribution in [1.82, 2.24) is 4.90 Å². The second kappa shape index (κ2) is 6.41. The Kier molecular flexibility index (Phi) is 4.61. The Labute approximate surface area is 118 Å². The van der Waals surface area contributed by atoms with Gasteiger partial charge in [0.25, 0.3) is 0 Å². The predicted molar refractivity (Wildman–Crippen MR) is 76.8 cm³/mol. The van der Waals surface area contributed by atoms with E-state index in [0.29, 0.717) is 11.3 Å². The Morgan fingerprint density at radius 2 is 2.10 bits per heavy atom. The van der Waals surface area contributed by atoms with Crippen molar-refractivity contribution in [2.45, 2.75) is 38.6 Å². The molecule has 5 heteroatoms. The normalized spacial score (nSPS) is 18.6. The van der Waals surface area contributed by atoms with Crippen molar-refractivity contribution in [2.24, 2.45) is 0 Å². The number of carboxylic acids is 1. The number of piperidine rings is 1. The van der Waals surface area contributed by atoms with Crippen LogP contribution in [0, 0.1) is 0 Å². The van der Waals surface area contributed by atoms with Crippen molar-refractivity contribution in [3.05, 3.63) is 29.8 Å². The molecule has 2 amide bonds. The number of hydrogen-bond acceptors (Lipinski definition) is 2. The molecule has 2 rings (SSSR count). The third-order valence-electron chi connectivity index (χ3n) is 3.66. The van der Waals surface area contributed by atoms with Gasteiger partial charge in [0, 0.05) is 18.3 Å². The number of urea groups is 1. The molecule has 108 valence electrons. The number of carbonyl (C=O) groups is 2. The third-order valence-corrected chi connectivity index (χ3v) is 3.66. The zero-order valence-corrected chi connectivity index (χ0v) is 11.6. The maximum Gasteiger partial charge on any atom is 0.322 e. The minimum atomic E-state index is -0.905. The zero-order valence-electron chi connectivity index (χ0n) is 11.6. The smallest absolute Gasteiger partial charge is 0.322 e. The summed E-state index contributed by atoms with van der Waals surface area (Å²) < 4.78 is 0. The van der Waals surface area contributed by atoms with Crippen molar-refractivity contribution in [1.29, 1.82) is 0 Å². The number of nitrogens with zero attached hydrogens (tertiary/aromatic N) is 1. The molecule has 1 saturated heterocycles. The van der Waals surface area contributed by atoms with Gasteiger partial charge in [-0.3, -0.25) is 4.79 Å². The summed E-state index contributed by atoms with van der Waals surface area (Å²) in [4.78, 5) is 24.9. The van der Waals surface area contributed by atoms with Crippen molar-refractivity contribution in [2.75, 3.05) is 11.9 Å². The molecular formula is C15H20N2O3. The lowest BCUT2D eigenvalue weighted by atomic mass is 10.0. The van der Waals surface area contributed by atoms with Crippen LogP contribution in [0.5, 0.6) is 0 Å². The molecule has 0 saturated carbocycles. The van der Waals surface area contributed by atoms with Crippen LogP contribution in [0.25, 0.3) is 0 Å². The van der Waals surface area contributed by atoms with Crippen LogP contribution in [0.1, 0.15) is 31.7 Å². The monoisotopic (exact) mass is 276 g/mol. The van der Waals surface area contributed by atoms with E-state index < -0.39 is 5.97 Å². The van der Waals surface area contributed by atoms with Crippen LogP contribution in [0.4, 0.5) is 10.5 Å².